The number of rotatable bonds is 2. The van der Waals surface area contributed by atoms with Gasteiger partial charge in [0.25, 0.3) is 0 Å². The zero-order chi connectivity index (χ0) is 22.8. The third kappa shape index (κ3) is 4.78. The summed E-state index contributed by atoms with van der Waals surface area (Å²) < 4.78 is 23.9. The first-order valence-corrected chi connectivity index (χ1v) is 10.1. The summed E-state index contributed by atoms with van der Waals surface area (Å²) in [6.45, 7) is 5.92. The molecule has 2 aliphatic rings. The molecule has 1 unspecified atom stereocenters. The Morgan fingerprint density at radius 1 is 1.26 bits per heavy atom. The molecular formula is C23H28FN3O4. The van der Waals surface area contributed by atoms with Gasteiger partial charge in [0.1, 0.15) is 16.8 Å². The van der Waals surface area contributed by atoms with Crippen LogP contribution in [-0.4, -0.2) is 48.5 Å². The zero-order valence-corrected chi connectivity index (χ0v) is 18.3. The van der Waals surface area contributed by atoms with Crippen molar-refractivity contribution < 1.29 is 23.5 Å². The molecule has 31 heavy (non-hydrogen) atoms. The van der Waals surface area contributed by atoms with Gasteiger partial charge in [-0.05, 0) is 81.3 Å². The van der Waals surface area contributed by atoms with Crippen molar-refractivity contribution in [1.82, 2.24) is 4.90 Å². The van der Waals surface area contributed by atoms with Crippen LogP contribution in [0.4, 0.5) is 14.9 Å². The van der Waals surface area contributed by atoms with Gasteiger partial charge in [-0.2, -0.15) is 0 Å². The molecule has 0 bridgehead atoms. The first-order valence-electron chi connectivity index (χ1n) is 10.1. The first-order chi connectivity index (χ1) is 14.6. The van der Waals surface area contributed by atoms with Crippen LogP contribution in [-0.2, 0) is 14.3 Å². The minimum absolute atomic E-state index is 0.127. The number of hydrogen-bond donors (Lipinski definition) is 1. The summed E-state index contributed by atoms with van der Waals surface area (Å²) in [5.41, 5.74) is 6.83. The number of carbonyl (C=O) groups is 2. The number of benzene rings is 1. The molecule has 1 aromatic carbocycles. The predicted octanol–water partition coefficient (Wildman–Crippen LogP) is 3.87. The zero-order valence-electron chi connectivity index (χ0n) is 18.3. The summed E-state index contributed by atoms with van der Waals surface area (Å²) in [6, 6.07) is 5.81. The number of fused-ring (bicyclic) bond motifs is 1. The van der Waals surface area contributed by atoms with E-state index in [-0.39, 0.29) is 18.8 Å². The molecule has 0 saturated carbocycles. The number of ether oxygens (including phenoxy) is 2. The Kier molecular flexibility index (Phi) is 6.20. The fourth-order valence-electron chi connectivity index (χ4n) is 3.90. The number of methoxy groups -OCH3 is 1. The highest BCUT2D eigenvalue weighted by Crippen LogP contribution is 2.45. The Balaban J connectivity index is 1.99. The van der Waals surface area contributed by atoms with Gasteiger partial charge in [0, 0.05) is 13.1 Å². The van der Waals surface area contributed by atoms with Gasteiger partial charge >= 0.3 is 12.1 Å². The number of nitrogens with two attached hydrogens (primary N) is 1. The highest BCUT2D eigenvalue weighted by Gasteiger charge is 2.51. The third-order valence-corrected chi connectivity index (χ3v) is 5.36. The molecule has 1 aromatic rings. The van der Waals surface area contributed by atoms with Crippen molar-refractivity contribution in [3.05, 3.63) is 53.5 Å². The molecule has 2 N–H and O–H groups in total. The number of likely N-dealkylation sites (tertiary alicyclic amines) is 1. The second-order valence-corrected chi connectivity index (χ2v) is 8.74. The van der Waals surface area contributed by atoms with Crippen molar-refractivity contribution in [2.24, 2.45) is 16.1 Å². The summed E-state index contributed by atoms with van der Waals surface area (Å²) in [5, 5.41) is 0. The van der Waals surface area contributed by atoms with Crippen LogP contribution in [0.1, 0.15) is 33.6 Å². The normalized spacial score (nSPS) is 23.9. The number of hydrogen-bond acceptors (Lipinski definition) is 6. The van der Waals surface area contributed by atoms with E-state index in [1.54, 1.807) is 32.9 Å². The summed E-state index contributed by atoms with van der Waals surface area (Å²) in [7, 11) is 1.33. The van der Waals surface area contributed by atoms with Crippen LogP contribution in [0.5, 0.6) is 0 Å². The van der Waals surface area contributed by atoms with E-state index in [1.165, 1.54) is 30.3 Å². The van der Waals surface area contributed by atoms with Crippen LogP contribution in [0.2, 0.25) is 0 Å². The molecule has 0 spiro atoms. The van der Waals surface area contributed by atoms with Gasteiger partial charge in [0.15, 0.2) is 0 Å². The van der Waals surface area contributed by atoms with Crippen LogP contribution >= 0.6 is 0 Å². The second-order valence-electron chi connectivity index (χ2n) is 8.74. The maximum absolute atomic E-state index is 13.2. The molecular weight excluding hydrogens is 401 g/mol. The van der Waals surface area contributed by atoms with E-state index < -0.39 is 23.1 Å². The largest absolute Gasteiger partial charge is 0.468 e. The number of amides is 1. The highest BCUT2D eigenvalue weighted by molar-refractivity contribution is 6.12. The monoisotopic (exact) mass is 429 g/mol. The van der Waals surface area contributed by atoms with Gasteiger partial charge in [-0.1, -0.05) is 0 Å². The minimum atomic E-state index is -1.06. The number of aliphatic imine (C=N–C) groups is 1. The molecule has 0 aromatic heterocycles. The smallest absolute Gasteiger partial charge is 0.410 e. The minimum Gasteiger partial charge on any atom is -0.468 e. The Bertz CT molecular complexity index is 960. The van der Waals surface area contributed by atoms with Crippen LogP contribution in [0.3, 0.4) is 0 Å². The molecule has 1 aliphatic heterocycles. The summed E-state index contributed by atoms with van der Waals surface area (Å²) in [6.07, 6.45) is 3.47. The highest BCUT2D eigenvalue weighted by atomic mass is 19.1. The third-order valence-electron chi connectivity index (χ3n) is 5.36. The molecule has 1 saturated heterocycles. The average molecular weight is 429 g/mol. The number of halogens is 1. The Labute approximate surface area is 181 Å². The number of allylic oxidation sites excluding steroid dienone is 2. The Morgan fingerprint density at radius 3 is 2.52 bits per heavy atom. The summed E-state index contributed by atoms with van der Waals surface area (Å²) >= 11 is 0. The van der Waals surface area contributed by atoms with E-state index in [9.17, 15) is 14.0 Å². The van der Waals surface area contributed by atoms with E-state index >= 15 is 0 Å². The van der Waals surface area contributed by atoms with Crippen LogP contribution in [0.25, 0.3) is 0 Å². The lowest BCUT2D eigenvalue weighted by molar-refractivity contribution is -0.152. The molecule has 1 aliphatic carbocycles. The van der Waals surface area contributed by atoms with Gasteiger partial charge < -0.3 is 20.1 Å². The fraction of sp³-hybridized carbons (Fsp3) is 0.435. The fourth-order valence-corrected chi connectivity index (χ4v) is 3.90. The van der Waals surface area contributed by atoms with Crippen molar-refractivity contribution in [2.75, 3.05) is 20.2 Å². The van der Waals surface area contributed by atoms with E-state index in [1.807, 2.05) is 6.08 Å². The molecule has 3 rings (SSSR count). The molecule has 7 nitrogen and oxygen atoms in total. The van der Waals surface area contributed by atoms with Gasteiger partial charge in [-0.25, -0.2) is 14.2 Å². The summed E-state index contributed by atoms with van der Waals surface area (Å²) in [5.74, 6) is -0.785. The molecule has 0 radical (unpaired) electrons. The Morgan fingerprint density at radius 2 is 1.94 bits per heavy atom. The van der Waals surface area contributed by atoms with E-state index in [2.05, 4.69) is 4.99 Å². The standard InChI is InChI=1S/C23H28FN3O4/c1-22(2,3)31-21(29)27-10-9-16-11-19(26-18-7-5-17(24)6-8-18)15(13-25)12-23(16,14-27)20(28)30-4/h5-8,11,13H,9-10,12,14,25H2,1-4H3. The lowest BCUT2D eigenvalue weighted by atomic mass is 9.67. The van der Waals surface area contributed by atoms with Crippen molar-refractivity contribution in [3.8, 4) is 0 Å². The van der Waals surface area contributed by atoms with Crippen molar-refractivity contribution in [2.45, 2.75) is 39.2 Å². The SMILES string of the molecule is COC(=O)C12CC(=CN)C(=Nc3ccc(F)cc3)C=C1CCN(C(=O)OC(C)(C)C)C2. The lowest BCUT2D eigenvalue weighted by Crippen LogP contribution is -2.54. The quantitative estimate of drug-likeness (QED) is 0.720. The van der Waals surface area contributed by atoms with Crippen LogP contribution in [0, 0.1) is 11.2 Å². The maximum atomic E-state index is 13.2. The van der Waals surface area contributed by atoms with Gasteiger partial charge in [-0.15, -0.1) is 0 Å². The number of esters is 1. The van der Waals surface area contributed by atoms with E-state index in [0.717, 1.165) is 5.57 Å². The van der Waals surface area contributed by atoms with Crippen LogP contribution < -0.4 is 5.73 Å². The van der Waals surface area contributed by atoms with E-state index in [4.69, 9.17) is 15.2 Å². The van der Waals surface area contributed by atoms with Gasteiger partial charge in [0.05, 0.1) is 18.5 Å². The van der Waals surface area contributed by atoms with E-state index in [0.29, 0.717) is 29.9 Å². The summed E-state index contributed by atoms with van der Waals surface area (Å²) in [4.78, 5) is 31.7. The lowest BCUT2D eigenvalue weighted by Gasteiger charge is -2.45. The first kappa shape index (κ1) is 22.5. The molecule has 1 fully saturated rings. The van der Waals surface area contributed by atoms with Crippen LogP contribution in [0.15, 0.2) is 52.7 Å². The molecule has 1 amide bonds. The average Bonchev–Trinajstić information content (AvgIpc) is 2.72. The topological polar surface area (TPSA) is 94.2 Å². The predicted molar refractivity (Wildman–Crippen MR) is 115 cm³/mol. The van der Waals surface area contributed by atoms with Crippen molar-refractivity contribution in [1.29, 1.82) is 0 Å². The maximum Gasteiger partial charge on any atom is 0.410 e. The van der Waals surface area contributed by atoms with Gasteiger partial charge in [0.2, 0.25) is 0 Å². The number of piperidine rings is 1. The number of nitrogens with zero attached hydrogens (tertiary/aromatic N) is 2. The number of carbonyl (C=O) groups excluding carboxylic acids is 2. The molecule has 166 valence electrons. The second kappa shape index (κ2) is 8.53. The molecule has 8 heteroatoms. The Hall–Kier alpha value is -3.16. The van der Waals surface area contributed by atoms with Gasteiger partial charge in [-0.3, -0.25) is 4.79 Å². The van der Waals surface area contributed by atoms with Crippen molar-refractivity contribution >= 4 is 23.5 Å². The molecule has 1 heterocycles. The molecule has 1 atom stereocenters. The van der Waals surface area contributed by atoms with Crippen molar-refractivity contribution in [3.63, 3.8) is 0 Å².